The standard InChI is InChI=1S/C25H29N3O/c1-18-15-22(25(26-29)24(16-18)27(3)4)17-28(5)23-13-11-21(12-14-23)19(2)20-9-7-6-8-10-20/h6-7,9,11-16H,2,8,10,17H2,1,3-5H3. The number of hydrogen-bond donors (Lipinski definition) is 0. The molecule has 29 heavy (non-hydrogen) atoms. The second-order valence-electron chi connectivity index (χ2n) is 7.82. The van der Waals surface area contributed by atoms with Crippen LogP contribution in [0.25, 0.3) is 5.57 Å². The van der Waals surface area contributed by atoms with Crippen LogP contribution in [0.1, 0.15) is 29.5 Å². The van der Waals surface area contributed by atoms with E-state index in [0.717, 1.165) is 46.5 Å². The van der Waals surface area contributed by atoms with Crippen molar-refractivity contribution in [1.29, 1.82) is 0 Å². The van der Waals surface area contributed by atoms with Crippen molar-refractivity contribution in [2.24, 2.45) is 5.18 Å². The van der Waals surface area contributed by atoms with Crippen LogP contribution in [0, 0.1) is 11.8 Å². The Morgan fingerprint density at radius 1 is 1.14 bits per heavy atom. The maximum Gasteiger partial charge on any atom is 0.136 e. The molecule has 0 saturated carbocycles. The quantitative estimate of drug-likeness (QED) is 0.517. The highest BCUT2D eigenvalue weighted by atomic mass is 16.3. The Kier molecular flexibility index (Phi) is 6.32. The van der Waals surface area contributed by atoms with Gasteiger partial charge < -0.3 is 9.80 Å². The first-order chi connectivity index (χ1) is 13.9. The number of allylic oxidation sites excluding steroid dienone is 5. The van der Waals surface area contributed by atoms with Crippen LogP contribution in [0.2, 0.25) is 0 Å². The van der Waals surface area contributed by atoms with Gasteiger partial charge in [-0.2, -0.15) is 0 Å². The van der Waals surface area contributed by atoms with E-state index in [9.17, 15) is 4.91 Å². The monoisotopic (exact) mass is 387 g/mol. The number of hydrogen-bond acceptors (Lipinski definition) is 4. The molecular weight excluding hydrogens is 358 g/mol. The second-order valence-corrected chi connectivity index (χ2v) is 7.82. The molecule has 3 rings (SSSR count). The second kappa shape index (κ2) is 8.91. The van der Waals surface area contributed by atoms with Crippen LogP contribution >= 0.6 is 0 Å². The molecule has 0 radical (unpaired) electrons. The lowest BCUT2D eigenvalue weighted by atomic mass is 9.93. The smallest absolute Gasteiger partial charge is 0.136 e. The van der Waals surface area contributed by atoms with Gasteiger partial charge >= 0.3 is 0 Å². The van der Waals surface area contributed by atoms with Crippen LogP contribution in [0.4, 0.5) is 17.1 Å². The molecule has 0 atom stereocenters. The van der Waals surface area contributed by atoms with E-state index < -0.39 is 0 Å². The van der Waals surface area contributed by atoms with Gasteiger partial charge in [0, 0.05) is 38.9 Å². The van der Waals surface area contributed by atoms with Crippen molar-refractivity contribution >= 4 is 22.6 Å². The summed E-state index contributed by atoms with van der Waals surface area (Å²) in [5, 5.41) is 3.33. The van der Waals surface area contributed by atoms with Crippen LogP contribution in [0.3, 0.4) is 0 Å². The van der Waals surface area contributed by atoms with Gasteiger partial charge in [0.15, 0.2) is 0 Å². The fourth-order valence-electron chi connectivity index (χ4n) is 3.70. The molecule has 0 N–H and O–H groups in total. The first kappa shape index (κ1) is 20.6. The number of anilines is 2. The molecule has 0 saturated heterocycles. The van der Waals surface area contributed by atoms with Crippen LogP contribution < -0.4 is 9.80 Å². The largest absolute Gasteiger partial charge is 0.376 e. The zero-order valence-corrected chi connectivity index (χ0v) is 17.8. The zero-order chi connectivity index (χ0) is 21.0. The van der Waals surface area contributed by atoms with E-state index in [1.54, 1.807) is 0 Å². The molecule has 0 bridgehead atoms. The molecule has 1 aliphatic rings. The number of nitrogens with zero attached hydrogens (tertiary/aromatic N) is 3. The highest BCUT2D eigenvalue weighted by Gasteiger charge is 2.15. The lowest BCUT2D eigenvalue weighted by Crippen LogP contribution is -2.17. The number of nitroso groups, excluding NO2 is 1. The van der Waals surface area contributed by atoms with Crippen LogP contribution in [-0.2, 0) is 6.54 Å². The van der Waals surface area contributed by atoms with Crippen molar-refractivity contribution in [2.45, 2.75) is 26.3 Å². The molecule has 2 aromatic carbocycles. The molecule has 0 aromatic heterocycles. The summed E-state index contributed by atoms with van der Waals surface area (Å²) in [6, 6.07) is 12.5. The Morgan fingerprint density at radius 2 is 1.86 bits per heavy atom. The van der Waals surface area contributed by atoms with E-state index >= 15 is 0 Å². The van der Waals surface area contributed by atoms with E-state index in [1.807, 2.05) is 45.1 Å². The average molecular weight is 388 g/mol. The summed E-state index contributed by atoms with van der Waals surface area (Å²) in [7, 11) is 5.89. The number of aryl methyl sites for hydroxylation is 1. The predicted octanol–water partition coefficient (Wildman–Crippen LogP) is 6.38. The summed E-state index contributed by atoms with van der Waals surface area (Å²) in [5.41, 5.74) is 8.02. The van der Waals surface area contributed by atoms with Crippen molar-refractivity contribution in [2.75, 3.05) is 30.9 Å². The first-order valence-corrected chi connectivity index (χ1v) is 9.91. The molecule has 1 aliphatic carbocycles. The van der Waals surface area contributed by atoms with Gasteiger partial charge in [-0.05, 0) is 65.4 Å². The predicted molar refractivity (Wildman–Crippen MR) is 125 cm³/mol. The van der Waals surface area contributed by atoms with Crippen molar-refractivity contribution in [3.8, 4) is 0 Å². The van der Waals surface area contributed by atoms with Gasteiger partial charge in [-0.1, -0.05) is 43.0 Å². The molecule has 150 valence electrons. The minimum Gasteiger partial charge on any atom is -0.376 e. The third-order valence-electron chi connectivity index (χ3n) is 5.35. The summed E-state index contributed by atoms with van der Waals surface area (Å²) in [6.07, 6.45) is 8.56. The minimum atomic E-state index is 0.509. The summed E-state index contributed by atoms with van der Waals surface area (Å²) < 4.78 is 0. The van der Waals surface area contributed by atoms with Gasteiger partial charge in [-0.15, -0.1) is 4.91 Å². The van der Waals surface area contributed by atoms with Crippen LogP contribution in [0.15, 0.2) is 72.0 Å². The van der Waals surface area contributed by atoms with Gasteiger partial charge in [-0.3, -0.25) is 0 Å². The van der Waals surface area contributed by atoms with Gasteiger partial charge in [-0.25, -0.2) is 0 Å². The fourth-order valence-corrected chi connectivity index (χ4v) is 3.70. The highest BCUT2D eigenvalue weighted by molar-refractivity contribution is 5.79. The maximum absolute atomic E-state index is 11.5. The maximum atomic E-state index is 11.5. The van der Waals surface area contributed by atoms with Crippen molar-refractivity contribution in [3.63, 3.8) is 0 Å². The van der Waals surface area contributed by atoms with Crippen molar-refractivity contribution in [1.82, 2.24) is 0 Å². The molecular formula is C25H29N3O. The zero-order valence-electron chi connectivity index (χ0n) is 17.8. The normalized spacial score (nSPS) is 13.0. The van der Waals surface area contributed by atoms with E-state index in [1.165, 1.54) is 5.57 Å². The van der Waals surface area contributed by atoms with Crippen molar-refractivity contribution in [3.05, 3.63) is 88.4 Å². The molecule has 0 amide bonds. The Morgan fingerprint density at radius 3 is 2.45 bits per heavy atom. The Hall–Kier alpha value is -3.14. The third-order valence-corrected chi connectivity index (χ3v) is 5.35. The van der Waals surface area contributed by atoms with E-state index in [4.69, 9.17) is 0 Å². The van der Waals surface area contributed by atoms with Gasteiger partial charge in [0.1, 0.15) is 5.69 Å². The third kappa shape index (κ3) is 4.65. The molecule has 0 spiro atoms. The molecule has 0 aliphatic heterocycles. The fraction of sp³-hybridized carbons (Fsp3) is 0.280. The van der Waals surface area contributed by atoms with Crippen LogP contribution in [0.5, 0.6) is 0 Å². The summed E-state index contributed by atoms with van der Waals surface area (Å²) in [5.74, 6) is 0. The molecule has 0 heterocycles. The molecule has 0 unspecified atom stereocenters. The molecule has 2 aromatic rings. The highest BCUT2D eigenvalue weighted by Crippen LogP contribution is 2.34. The Balaban J connectivity index is 1.80. The van der Waals surface area contributed by atoms with Gasteiger partial charge in [0.2, 0.25) is 0 Å². The summed E-state index contributed by atoms with van der Waals surface area (Å²) in [4.78, 5) is 15.6. The number of rotatable bonds is 7. The minimum absolute atomic E-state index is 0.509. The Bertz CT molecular complexity index is 968. The molecule has 4 nitrogen and oxygen atoms in total. The molecule has 4 heteroatoms. The molecule has 0 fully saturated rings. The number of benzene rings is 2. The topological polar surface area (TPSA) is 35.9 Å². The summed E-state index contributed by atoms with van der Waals surface area (Å²) in [6.45, 7) is 6.94. The van der Waals surface area contributed by atoms with E-state index in [0.29, 0.717) is 12.2 Å². The average Bonchev–Trinajstić information content (AvgIpc) is 2.73. The SMILES string of the molecule is C=C(C1=CC=CCC1)c1ccc(N(C)Cc2cc(C)cc(N(C)C)c2N=O)cc1. The first-order valence-electron chi connectivity index (χ1n) is 9.91. The van der Waals surface area contributed by atoms with E-state index in [2.05, 4.69) is 59.1 Å². The summed E-state index contributed by atoms with van der Waals surface area (Å²) >= 11 is 0. The lowest BCUT2D eigenvalue weighted by molar-refractivity contribution is 0.918. The van der Waals surface area contributed by atoms with Crippen LogP contribution in [-0.4, -0.2) is 21.1 Å². The lowest BCUT2D eigenvalue weighted by Gasteiger charge is -2.23. The van der Waals surface area contributed by atoms with Gasteiger partial charge in [0.25, 0.3) is 0 Å². The Labute approximate surface area is 173 Å². The van der Waals surface area contributed by atoms with Crippen molar-refractivity contribution < 1.29 is 0 Å². The van der Waals surface area contributed by atoms with E-state index in [-0.39, 0.29) is 0 Å². The van der Waals surface area contributed by atoms with Gasteiger partial charge in [0.05, 0.1) is 5.69 Å².